The Bertz CT molecular complexity index is 1110. The van der Waals surface area contributed by atoms with Gasteiger partial charge >= 0.3 is 6.03 Å². The fourth-order valence-electron chi connectivity index (χ4n) is 4.24. The Hall–Kier alpha value is -3.01. The Labute approximate surface area is 172 Å². The van der Waals surface area contributed by atoms with Gasteiger partial charge in [0.15, 0.2) is 0 Å². The molecule has 1 atom stereocenters. The summed E-state index contributed by atoms with van der Waals surface area (Å²) in [4.78, 5) is 16.3. The molecule has 0 fully saturated rings. The van der Waals surface area contributed by atoms with Crippen LogP contribution in [0.1, 0.15) is 48.7 Å². The van der Waals surface area contributed by atoms with Gasteiger partial charge in [0.2, 0.25) is 0 Å². The predicted molar refractivity (Wildman–Crippen MR) is 120 cm³/mol. The van der Waals surface area contributed by atoms with Crippen LogP contribution in [0.3, 0.4) is 0 Å². The molecule has 1 unspecified atom stereocenters. The summed E-state index contributed by atoms with van der Waals surface area (Å²) in [6.45, 7) is 12.2. The van der Waals surface area contributed by atoms with E-state index in [4.69, 9.17) is 0 Å². The molecule has 0 saturated carbocycles. The zero-order chi connectivity index (χ0) is 20.8. The summed E-state index contributed by atoms with van der Waals surface area (Å²) in [5, 5.41) is 7.59. The fourth-order valence-corrected chi connectivity index (χ4v) is 4.24. The second-order valence-electron chi connectivity index (χ2n) is 8.82. The predicted octanol–water partition coefficient (Wildman–Crippen LogP) is 5.21. The molecule has 150 valence electrons. The van der Waals surface area contributed by atoms with Crippen molar-refractivity contribution in [3.05, 3.63) is 77.0 Å². The van der Waals surface area contributed by atoms with Crippen LogP contribution in [0.15, 0.2) is 49.0 Å². The van der Waals surface area contributed by atoms with Crippen molar-refractivity contribution in [3.63, 3.8) is 0 Å². The van der Waals surface area contributed by atoms with E-state index in [9.17, 15) is 4.79 Å². The van der Waals surface area contributed by atoms with Crippen molar-refractivity contribution in [2.75, 3.05) is 0 Å². The number of H-pyrrole nitrogens is 1. The summed E-state index contributed by atoms with van der Waals surface area (Å²) in [6, 6.07) is 14.7. The molecule has 1 heterocycles. The van der Waals surface area contributed by atoms with Gasteiger partial charge in [-0.3, -0.25) is 0 Å². The topological polar surface area (TPSA) is 56.9 Å². The molecule has 4 nitrogen and oxygen atoms in total. The van der Waals surface area contributed by atoms with E-state index in [-0.39, 0.29) is 12.1 Å². The zero-order valence-electron chi connectivity index (χ0n) is 17.6. The van der Waals surface area contributed by atoms with Gasteiger partial charge in [-0.1, -0.05) is 42.0 Å². The van der Waals surface area contributed by atoms with Crippen LogP contribution in [-0.4, -0.2) is 17.1 Å². The third kappa shape index (κ3) is 3.80. The highest BCUT2D eigenvalue weighted by molar-refractivity contribution is 5.86. The van der Waals surface area contributed by atoms with Crippen molar-refractivity contribution in [1.82, 2.24) is 15.6 Å². The number of hydrogen-bond donors (Lipinski definition) is 3. The van der Waals surface area contributed by atoms with Crippen LogP contribution >= 0.6 is 0 Å². The summed E-state index contributed by atoms with van der Waals surface area (Å²) >= 11 is 0. The van der Waals surface area contributed by atoms with E-state index in [0.29, 0.717) is 0 Å². The molecule has 1 aliphatic carbocycles. The van der Waals surface area contributed by atoms with Crippen molar-refractivity contribution in [2.24, 2.45) is 0 Å². The third-order valence-corrected chi connectivity index (χ3v) is 5.89. The van der Waals surface area contributed by atoms with Crippen LogP contribution in [0, 0.1) is 6.92 Å². The van der Waals surface area contributed by atoms with Gasteiger partial charge in [-0.2, -0.15) is 0 Å². The molecule has 0 radical (unpaired) electrons. The van der Waals surface area contributed by atoms with E-state index in [1.165, 1.54) is 27.7 Å². The number of aromatic amines is 1. The van der Waals surface area contributed by atoms with Crippen LogP contribution in [0.2, 0.25) is 0 Å². The third-order valence-electron chi connectivity index (χ3n) is 5.89. The normalized spacial score (nSPS) is 15.9. The fraction of sp³-hybridized carbons (Fsp3) is 0.320. The number of hydrogen-bond acceptors (Lipinski definition) is 1. The molecule has 29 heavy (non-hydrogen) atoms. The first kappa shape index (κ1) is 19.3. The number of aromatic nitrogens is 1. The number of carbonyl (C=O) groups is 1. The van der Waals surface area contributed by atoms with Gasteiger partial charge in [0, 0.05) is 29.1 Å². The lowest BCUT2D eigenvalue weighted by molar-refractivity contribution is 0.226. The minimum Gasteiger partial charge on any atom is -0.358 e. The standard InChI is InChI=1S/C25H29N3O/c1-15(2)17-7-6-8-18(12-17)25(4,5)28-24(29)26-19-13-21-20-11-16(3)9-10-22(20)27-23(21)14-19/h6-12,19,27H,1,13-14H2,2-5H3,(H2,26,28,29). The number of fused-ring (bicyclic) bond motifs is 3. The van der Waals surface area contributed by atoms with Gasteiger partial charge in [-0.05, 0) is 69.0 Å². The van der Waals surface area contributed by atoms with Gasteiger partial charge in [0.25, 0.3) is 0 Å². The largest absolute Gasteiger partial charge is 0.358 e. The lowest BCUT2D eigenvalue weighted by Gasteiger charge is -2.28. The number of nitrogens with one attached hydrogen (secondary N) is 3. The molecule has 3 N–H and O–H groups in total. The molecule has 0 spiro atoms. The Kier molecular flexibility index (Phi) is 4.73. The molecular weight excluding hydrogens is 358 g/mol. The Morgan fingerprint density at radius 3 is 2.72 bits per heavy atom. The lowest BCUT2D eigenvalue weighted by Crippen LogP contribution is -2.49. The minimum atomic E-state index is -0.480. The highest BCUT2D eigenvalue weighted by atomic mass is 16.2. The maximum atomic E-state index is 12.7. The number of allylic oxidation sites excluding steroid dienone is 1. The molecule has 2 aromatic carbocycles. The monoisotopic (exact) mass is 387 g/mol. The highest BCUT2D eigenvalue weighted by Crippen LogP contribution is 2.31. The number of aryl methyl sites for hydroxylation is 1. The first-order valence-corrected chi connectivity index (χ1v) is 10.2. The first-order chi connectivity index (χ1) is 13.7. The number of carbonyl (C=O) groups excluding carboxylic acids is 1. The van der Waals surface area contributed by atoms with E-state index >= 15 is 0 Å². The second kappa shape index (κ2) is 7.11. The van der Waals surface area contributed by atoms with Crippen molar-refractivity contribution < 1.29 is 4.79 Å². The van der Waals surface area contributed by atoms with E-state index in [2.05, 4.69) is 53.4 Å². The molecule has 1 aromatic heterocycles. The van der Waals surface area contributed by atoms with Crippen LogP contribution in [-0.2, 0) is 18.4 Å². The van der Waals surface area contributed by atoms with Crippen molar-refractivity contribution in [1.29, 1.82) is 0 Å². The zero-order valence-corrected chi connectivity index (χ0v) is 17.6. The van der Waals surface area contributed by atoms with Crippen molar-refractivity contribution in [2.45, 2.75) is 52.1 Å². The molecule has 0 bridgehead atoms. The Morgan fingerprint density at radius 1 is 1.17 bits per heavy atom. The van der Waals surface area contributed by atoms with Crippen LogP contribution < -0.4 is 10.6 Å². The number of benzene rings is 2. The molecular formula is C25H29N3O. The van der Waals surface area contributed by atoms with Crippen LogP contribution in [0.25, 0.3) is 16.5 Å². The van der Waals surface area contributed by atoms with E-state index in [1.807, 2.05) is 39.0 Å². The molecule has 1 aliphatic rings. The molecule has 3 aromatic rings. The summed E-state index contributed by atoms with van der Waals surface area (Å²) < 4.78 is 0. The average Bonchev–Trinajstić information content (AvgIpc) is 3.18. The molecule has 4 heteroatoms. The van der Waals surface area contributed by atoms with Crippen LogP contribution in [0.4, 0.5) is 4.79 Å². The SMILES string of the molecule is C=C(C)c1cccc(C(C)(C)NC(=O)NC2Cc3[nH]c4ccc(C)cc4c3C2)c1. The van der Waals surface area contributed by atoms with Crippen molar-refractivity contribution in [3.8, 4) is 0 Å². The molecule has 0 aliphatic heterocycles. The maximum absolute atomic E-state index is 12.7. The minimum absolute atomic E-state index is 0.110. The van der Waals surface area contributed by atoms with Gasteiger partial charge in [0.05, 0.1) is 5.54 Å². The average molecular weight is 388 g/mol. The van der Waals surface area contributed by atoms with Crippen molar-refractivity contribution >= 4 is 22.5 Å². The van der Waals surface area contributed by atoms with Gasteiger partial charge in [-0.15, -0.1) is 0 Å². The summed E-state index contributed by atoms with van der Waals surface area (Å²) in [7, 11) is 0. The Morgan fingerprint density at radius 2 is 1.97 bits per heavy atom. The molecule has 4 rings (SSSR count). The smallest absolute Gasteiger partial charge is 0.315 e. The summed E-state index contributed by atoms with van der Waals surface area (Å²) in [5.41, 5.74) is 7.70. The van der Waals surface area contributed by atoms with E-state index in [0.717, 1.165) is 29.5 Å². The van der Waals surface area contributed by atoms with Gasteiger partial charge < -0.3 is 15.6 Å². The Balaban J connectivity index is 1.44. The summed E-state index contributed by atoms with van der Waals surface area (Å²) in [5.74, 6) is 0. The van der Waals surface area contributed by atoms with E-state index < -0.39 is 5.54 Å². The number of amides is 2. The quantitative estimate of drug-likeness (QED) is 0.565. The highest BCUT2D eigenvalue weighted by Gasteiger charge is 2.29. The first-order valence-electron chi connectivity index (χ1n) is 10.2. The summed E-state index contributed by atoms with van der Waals surface area (Å²) in [6.07, 6.45) is 1.69. The number of rotatable bonds is 4. The second-order valence-corrected chi connectivity index (χ2v) is 8.82. The van der Waals surface area contributed by atoms with E-state index in [1.54, 1.807) is 0 Å². The molecule has 2 amide bonds. The molecule has 0 saturated heterocycles. The lowest BCUT2D eigenvalue weighted by atomic mass is 9.92. The maximum Gasteiger partial charge on any atom is 0.315 e. The van der Waals surface area contributed by atoms with Gasteiger partial charge in [-0.25, -0.2) is 4.79 Å². The van der Waals surface area contributed by atoms with Gasteiger partial charge in [0.1, 0.15) is 0 Å². The number of urea groups is 1. The van der Waals surface area contributed by atoms with Crippen LogP contribution in [0.5, 0.6) is 0 Å².